The Morgan fingerprint density at radius 1 is 0.885 bits per heavy atom. The van der Waals surface area contributed by atoms with Gasteiger partial charge in [0.2, 0.25) is 0 Å². The zero-order valence-electron chi connectivity index (χ0n) is 17.9. The van der Waals surface area contributed by atoms with Crippen molar-refractivity contribution in [3.05, 3.63) is 23.8 Å². The maximum atomic E-state index is 3.85. The second-order valence-corrected chi connectivity index (χ2v) is 8.21. The van der Waals surface area contributed by atoms with Crippen LogP contribution in [0.1, 0.15) is 97.5 Å². The van der Waals surface area contributed by atoms with Crippen molar-refractivity contribution in [3.8, 4) is 0 Å². The van der Waals surface area contributed by atoms with Crippen LogP contribution in [0.5, 0.6) is 0 Å². The van der Waals surface area contributed by atoms with Crippen LogP contribution in [-0.4, -0.2) is 18.6 Å². The van der Waals surface area contributed by atoms with Crippen LogP contribution in [0, 0.1) is 0 Å². The molecular weight excluding hydrogens is 316 g/mol. The molecule has 2 nitrogen and oxygen atoms in total. The molecule has 1 aromatic rings. The Labute approximate surface area is 162 Å². The highest BCUT2D eigenvalue weighted by Crippen LogP contribution is 2.43. The zero-order valence-corrected chi connectivity index (χ0v) is 17.9. The van der Waals surface area contributed by atoms with Gasteiger partial charge in [-0.25, -0.2) is 0 Å². The number of unbranched alkanes of at least 4 members (excludes halogenated alkanes) is 4. The lowest BCUT2D eigenvalue weighted by atomic mass is 9.81. The number of nitrogens with zero attached hydrogens (tertiary/aromatic N) is 1. The van der Waals surface area contributed by atoms with Gasteiger partial charge in [-0.15, -0.1) is 0 Å². The van der Waals surface area contributed by atoms with Crippen LogP contribution in [0.4, 0.5) is 11.4 Å². The van der Waals surface area contributed by atoms with Gasteiger partial charge in [-0.3, -0.25) is 0 Å². The second-order valence-electron chi connectivity index (χ2n) is 8.21. The fraction of sp³-hybridized carbons (Fsp3) is 0.750. The third kappa shape index (κ3) is 4.96. The maximum Gasteiger partial charge on any atom is 0.0639 e. The molecular formula is C24H42N2. The Bertz CT molecular complexity index is 515. The number of rotatable bonds is 12. The quantitative estimate of drug-likeness (QED) is 0.425. The molecule has 0 fully saturated rings. The van der Waals surface area contributed by atoms with Gasteiger partial charge in [0, 0.05) is 13.1 Å². The Hall–Kier alpha value is -1.18. The van der Waals surface area contributed by atoms with Crippen LogP contribution in [0.3, 0.4) is 0 Å². The molecule has 1 heterocycles. The molecule has 2 rings (SSSR count). The third-order valence-corrected chi connectivity index (χ3v) is 6.10. The number of anilines is 2. The number of benzene rings is 1. The first-order valence-electron chi connectivity index (χ1n) is 11.4. The molecule has 0 saturated heterocycles. The van der Waals surface area contributed by atoms with Crippen molar-refractivity contribution in [2.75, 3.05) is 23.3 Å². The highest BCUT2D eigenvalue weighted by molar-refractivity contribution is 5.77. The minimum Gasteiger partial charge on any atom is -0.381 e. The van der Waals surface area contributed by atoms with Crippen molar-refractivity contribution >= 4 is 11.4 Å². The standard InChI is InChI=1S/C24H42N2/c1-5-9-14-21-15-13-16-22-23(21)26(19-12-8-4)24(20-25-22,17-10-6-2)18-11-7-3/h13,15-16,25H,5-12,14,17-20H2,1-4H3. The zero-order chi connectivity index (χ0) is 18.8. The summed E-state index contributed by atoms with van der Waals surface area (Å²) in [5.74, 6) is 0. The summed E-state index contributed by atoms with van der Waals surface area (Å²) < 4.78 is 0. The van der Waals surface area contributed by atoms with Crippen molar-refractivity contribution in [2.24, 2.45) is 0 Å². The molecule has 0 atom stereocenters. The predicted octanol–water partition coefficient (Wildman–Crippen LogP) is 7.18. The Balaban J connectivity index is 2.43. The van der Waals surface area contributed by atoms with Gasteiger partial charge in [0.25, 0.3) is 0 Å². The van der Waals surface area contributed by atoms with E-state index in [-0.39, 0.29) is 0 Å². The van der Waals surface area contributed by atoms with Crippen LogP contribution in [0.2, 0.25) is 0 Å². The monoisotopic (exact) mass is 358 g/mol. The van der Waals surface area contributed by atoms with Gasteiger partial charge in [-0.2, -0.15) is 0 Å². The van der Waals surface area contributed by atoms with Crippen LogP contribution in [0.15, 0.2) is 18.2 Å². The van der Waals surface area contributed by atoms with Crippen LogP contribution >= 0.6 is 0 Å². The molecule has 1 aliphatic rings. The van der Waals surface area contributed by atoms with Crippen molar-refractivity contribution in [1.82, 2.24) is 0 Å². The molecule has 1 aromatic carbocycles. The first-order valence-corrected chi connectivity index (χ1v) is 11.4. The summed E-state index contributed by atoms with van der Waals surface area (Å²) in [4.78, 5) is 2.86. The Morgan fingerprint density at radius 3 is 2.15 bits per heavy atom. The van der Waals surface area contributed by atoms with Crippen molar-refractivity contribution in [2.45, 2.75) is 104 Å². The van der Waals surface area contributed by atoms with Gasteiger partial charge >= 0.3 is 0 Å². The molecule has 0 aromatic heterocycles. The van der Waals surface area contributed by atoms with Crippen LogP contribution < -0.4 is 10.2 Å². The largest absolute Gasteiger partial charge is 0.381 e. The number of aryl methyl sites for hydroxylation is 1. The molecule has 148 valence electrons. The average molecular weight is 359 g/mol. The number of fused-ring (bicyclic) bond motifs is 1. The topological polar surface area (TPSA) is 15.3 Å². The normalized spacial score (nSPS) is 15.6. The lowest BCUT2D eigenvalue weighted by Crippen LogP contribution is -2.57. The van der Waals surface area contributed by atoms with E-state index in [1.807, 2.05) is 0 Å². The Morgan fingerprint density at radius 2 is 1.54 bits per heavy atom. The maximum absolute atomic E-state index is 3.85. The minimum absolute atomic E-state index is 0.302. The first kappa shape index (κ1) is 21.1. The summed E-state index contributed by atoms with van der Waals surface area (Å²) in [7, 11) is 0. The van der Waals surface area contributed by atoms with Crippen molar-refractivity contribution < 1.29 is 0 Å². The number of para-hydroxylation sites is 1. The highest BCUT2D eigenvalue weighted by atomic mass is 15.3. The van der Waals surface area contributed by atoms with Gasteiger partial charge in [0.05, 0.1) is 16.9 Å². The lowest BCUT2D eigenvalue weighted by Gasteiger charge is -2.51. The molecule has 0 unspecified atom stereocenters. The highest BCUT2D eigenvalue weighted by Gasteiger charge is 2.40. The van der Waals surface area contributed by atoms with E-state index in [0.29, 0.717) is 5.54 Å². The molecule has 0 amide bonds. The molecule has 0 saturated carbocycles. The van der Waals surface area contributed by atoms with E-state index in [2.05, 4.69) is 56.1 Å². The third-order valence-electron chi connectivity index (χ3n) is 6.10. The van der Waals surface area contributed by atoms with Crippen LogP contribution in [-0.2, 0) is 6.42 Å². The molecule has 1 aliphatic heterocycles. The summed E-state index contributed by atoms with van der Waals surface area (Å²) in [5, 5.41) is 3.85. The average Bonchev–Trinajstić information content (AvgIpc) is 2.68. The molecule has 0 aliphatic carbocycles. The molecule has 2 heteroatoms. The van der Waals surface area contributed by atoms with E-state index in [1.54, 1.807) is 5.56 Å². The fourth-order valence-corrected chi connectivity index (χ4v) is 4.46. The van der Waals surface area contributed by atoms with Crippen molar-refractivity contribution in [3.63, 3.8) is 0 Å². The summed E-state index contributed by atoms with van der Waals surface area (Å²) >= 11 is 0. The minimum atomic E-state index is 0.302. The van der Waals surface area contributed by atoms with Gasteiger partial charge in [0.15, 0.2) is 0 Å². The van der Waals surface area contributed by atoms with Gasteiger partial charge in [0.1, 0.15) is 0 Å². The smallest absolute Gasteiger partial charge is 0.0639 e. The predicted molar refractivity (Wildman–Crippen MR) is 118 cm³/mol. The van der Waals surface area contributed by atoms with E-state index >= 15 is 0 Å². The molecule has 0 radical (unpaired) electrons. The summed E-state index contributed by atoms with van der Waals surface area (Å²) in [6.07, 6.45) is 14.2. The van der Waals surface area contributed by atoms with Crippen LogP contribution in [0.25, 0.3) is 0 Å². The summed E-state index contributed by atoms with van der Waals surface area (Å²) in [5.41, 5.74) is 4.77. The molecule has 0 bridgehead atoms. The summed E-state index contributed by atoms with van der Waals surface area (Å²) in [6, 6.07) is 6.93. The van der Waals surface area contributed by atoms with Gasteiger partial charge in [-0.1, -0.05) is 78.4 Å². The van der Waals surface area contributed by atoms with Crippen molar-refractivity contribution in [1.29, 1.82) is 0 Å². The van der Waals surface area contributed by atoms with Gasteiger partial charge in [-0.05, 0) is 43.7 Å². The molecule has 0 spiro atoms. The first-order chi connectivity index (χ1) is 12.7. The lowest BCUT2D eigenvalue weighted by molar-refractivity contribution is 0.322. The van der Waals surface area contributed by atoms with E-state index in [4.69, 9.17) is 0 Å². The Kier molecular flexibility index (Phi) is 8.81. The number of hydrogen-bond donors (Lipinski definition) is 1. The van der Waals surface area contributed by atoms with E-state index in [9.17, 15) is 0 Å². The molecule has 1 N–H and O–H groups in total. The molecule has 26 heavy (non-hydrogen) atoms. The number of hydrogen-bond acceptors (Lipinski definition) is 2. The van der Waals surface area contributed by atoms with E-state index in [0.717, 1.165) is 6.54 Å². The fourth-order valence-electron chi connectivity index (χ4n) is 4.46. The number of nitrogens with one attached hydrogen (secondary N) is 1. The second kappa shape index (κ2) is 10.8. The SMILES string of the molecule is CCCCc1cccc2c1N(CCCC)C(CCCC)(CCCC)CN2. The van der Waals surface area contributed by atoms with Gasteiger partial charge < -0.3 is 10.2 Å². The van der Waals surface area contributed by atoms with E-state index in [1.165, 1.54) is 88.5 Å². The summed E-state index contributed by atoms with van der Waals surface area (Å²) in [6.45, 7) is 11.6. The van der Waals surface area contributed by atoms with E-state index < -0.39 is 0 Å².